The minimum absolute atomic E-state index is 0. The average Bonchev–Trinajstić information content (AvgIpc) is 2.85. The number of ether oxygens (including phenoxy) is 1. The number of aryl methyl sites for hydroxylation is 1. The number of methoxy groups -OCH3 is 1. The van der Waals surface area contributed by atoms with Crippen LogP contribution < -0.4 is 21.9 Å². The number of benzene rings is 2. The van der Waals surface area contributed by atoms with Crippen LogP contribution in [-0.2, 0) is 31.3 Å². The first-order valence-corrected chi connectivity index (χ1v) is 10.6. The minimum Gasteiger partial charge on any atom is -0.523 e. The summed E-state index contributed by atoms with van der Waals surface area (Å²) in [6.07, 6.45) is 16.6. The van der Waals surface area contributed by atoms with Crippen molar-refractivity contribution in [3.05, 3.63) is 96.6 Å². The molecule has 0 aliphatic heterocycles. The Kier molecular flexibility index (Phi) is 25.5. The number of carbonyl (C=O) groups excluding carboxylic acids is 1. The van der Waals surface area contributed by atoms with E-state index < -0.39 is 0 Å². The van der Waals surface area contributed by atoms with Crippen LogP contribution in [0.2, 0.25) is 0 Å². The third kappa shape index (κ3) is 16.9. The van der Waals surface area contributed by atoms with Crippen LogP contribution in [0, 0.1) is 33.3 Å². The number of hydrogen-bond donors (Lipinski definition) is 5. The van der Waals surface area contributed by atoms with Crippen LogP contribution in [0.1, 0.15) is 49.4 Å². The van der Waals surface area contributed by atoms with Crippen molar-refractivity contribution in [2.24, 2.45) is 17.2 Å². The smallest absolute Gasteiger partial charge is 0.523 e. The maximum absolute atomic E-state index is 10.7. The van der Waals surface area contributed by atoms with E-state index in [4.69, 9.17) is 32.5 Å². The Bertz CT molecular complexity index is 990. The maximum Gasteiger partial charge on any atom is 2.00 e. The van der Waals surface area contributed by atoms with Crippen LogP contribution >= 0.6 is 0 Å². The molecule has 7 nitrogen and oxygen atoms in total. The summed E-state index contributed by atoms with van der Waals surface area (Å²) in [6.45, 7) is 8.54. The van der Waals surface area contributed by atoms with Crippen molar-refractivity contribution in [3.63, 3.8) is 0 Å². The molecule has 0 heterocycles. The summed E-state index contributed by atoms with van der Waals surface area (Å²) >= 11 is 0. The molecule has 2 aromatic rings. The molecule has 0 radical (unpaired) electrons. The fraction of sp³-hybridized carbons (Fsp3) is 0.241. The summed E-state index contributed by atoms with van der Waals surface area (Å²) in [5.41, 5.74) is 21.5. The van der Waals surface area contributed by atoms with E-state index in [-0.39, 0.29) is 46.2 Å². The largest absolute Gasteiger partial charge is 2.00 e. The van der Waals surface area contributed by atoms with Crippen LogP contribution in [0.5, 0.6) is 5.75 Å². The van der Waals surface area contributed by atoms with E-state index in [0.29, 0.717) is 5.70 Å². The fourth-order valence-corrected chi connectivity index (χ4v) is 2.70. The molecule has 8 heteroatoms. The standard InChI is InChI=1S/C15H19N3O.C11H15O.C2H2.CH3.H2O2.W/c1-11-5-2-7-13(14(17)8-4-10-16)12(11)6-3-9-15(18)19;1-11(2,3)9-5-7-10(12-4)8-6-9;1-2;;1-2;/h2-8,10H,9,16-17H2,1H3,(H2,18,19);5-7H,1-4H3;1-2H;1H3;1-2H;/q;-1;;-1;;+2/b6-3-,10-4-,14-8-;;;;;. The van der Waals surface area contributed by atoms with Gasteiger partial charge in [-0.25, -0.2) is 0 Å². The van der Waals surface area contributed by atoms with Gasteiger partial charge < -0.3 is 29.4 Å². The Morgan fingerprint density at radius 2 is 1.73 bits per heavy atom. The molecule has 0 aromatic heterocycles. The number of allylic oxidation sites excluding steroid dienone is 2. The Morgan fingerprint density at radius 1 is 1.14 bits per heavy atom. The normalized spacial score (nSPS) is 10.2. The van der Waals surface area contributed by atoms with Gasteiger partial charge in [0, 0.05) is 23.4 Å². The van der Waals surface area contributed by atoms with Gasteiger partial charge in [0.1, 0.15) is 0 Å². The first-order chi connectivity index (χ1) is 16.6. The Hall–Kier alpha value is -3.30. The zero-order valence-corrected chi connectivity index (χ0v) is 25.5. The number of primary amides is 1. The Balaban J connectivity index is -0.000000263. The van der Waals surface area contributed by atoms with Crippen LogP contribution in [0.4, 0.5) is 0 Å². The number of terminal acetylenes is 1. The average molecular weight is 680 g/mol. The molecular weight excluding hydrogens is 638 g/mol. The van der Waals surface area contributed by atoms with Gasteiger partial charge in [-0.3, -0.25) is 15.3 Å². The molecule has 8 N–H and O–H groups in total. The predicted octanol–water partition coefficient (Wildman–Crippen LogP) is 5.16. The van der Waals surface area contributed by atoms with Gasteiger partial charge in [-0.05, 0) is 36.4 Å². The summed E-state index contributed by atoms with van der Waals surface area (Å²) in [4.78, 5) is 10.7. The number of hydrogen-bond acceptors (Lipinski definition) is 6. The molecule has 0 bridgehead atoms. The molecular formula is C29H41N3O4W. The van der Waals surface area contributed by atoms with Crippen molar-refractivity contribution >= 4 is 17.7 Å². The van der Waals surface area contributed by atoms with Crippen LogP contribution in [0.3, 0.4) is 0 Å². The van der Waals surface area contributed by atoms with E-state index in [0.717, 1.165) is 22.4 Å². The monoisotopic (exact) mass is 679 g/mol. The van der Waals surface area contributed by atoms with Crippen molar-refractivity contribution in [2.45, 2.75) is 39.5 Å². The third-order valence-electron chi connectivity index (χ3n) is 4.50. The van der Waals surface area contributed by atoms with E-state index in [2.05, 4.69) is 45.8 Å². The summed E-state index contributed by atoms with van der Waals surface area (Å²) in [5, 5.41) is 12.0. The molecule has 0 saturated heterocycles. The van der Waals surface area contributed by atoms with Gasteiger partial charge in [0.2, 0.25) is 5.91 Å². The van der Waals surface area contributed by atoms with E-state index in [1.807, 2.05) is 43.3 Å². The Labute approximate surface area is 237 Å². The minimum atomic E-state index is -0.360. The SMILES string of the molecule is C#C.COc1[c-]cc(C(C)(C)C)cc1.Cc1cccc(/C(N)=C/C=C\N)c1/C=C\CC(N)=O.OO.[CH3-].[W+2]. The van der Waals surface area contributed by atoms with Crippen molar-refractivity contribution in [2.75, 3.05) is 7.11 Å². The summed E-state index contributed by atoms with van der Waals surface area (Å²) in [7, 11) is 1.66. The fourth-order valence-electron chi connectivity index (χ4n) is 2.70. The second kappa shape index (κ2) is 23.1. The second-order valence-corrected chi connectivity index (χ2v) is 8.01. The summed E-state index contributed by atoms with van der Waals surface area (Å²) in [6, 6.07) is 14.9. The molecule has 2 aromatic carbocycles. The van der Waals surface area contributed by atoms with Gasteiger partial charge in [0.25, 0.3) is 0 Å². The quantitative estimate of drug-likeness (QED) is 0.0938. The maximum atomic E-state index is 10.7. The molecule has 37 heavy (non-hydrogen) atoms. The molecule has 2 rings (SSSR count). The second-order valence-electron chi connectivity index (χ2n) is 8.01. The van der Waals surface area contributed by atoms with Gasteiger partial charge in [0.05, 0.1) is 7.11 Å². The molecule has 0 aliphatic rings. The molecule has 0 saturated carbocycles. The van der Waals surface area contributed by atoms with Crippen LogP contribution in [-0.4, -0.2) is 23.5 Å². The first kappa shape index (κ1) is 40.9. The predicted molar refractivity (Wildman–Crippen MR) is 152 cm³/mol. The van der Waals surface area contributed by atoms with E-state index in [1.165, 1.54) is 11.8 Å². The number of nitrogens with two attached hydrogens (primary N) is 3. The Morgan fingerprint density at radius 3 is 2.16 bits per heavy atom. The van der Waals surface area contributed by atoms with Gasteiger partial charge in [-0.2, -0.15) is 17.7 Å². The van der Waals surface area contributed by atoms with Gasteiger partial charge in [0.15, 0.2) is 0 Å². The van der Waals surface area contributed by atoms with Gasteiger partial charge in [-0.1, -0.05) is 56.5 Å². The van der Waals surface area contributed by atoms with Gasteiger partial charge in [-0.15, -0.1) is 25.0 Å². The number of carbonyl (C=O) groups is 1. The van der Waals surface area contributed by atoms with Crippen molar-refractivity contribution < 1.29 is 41.1 Å². The zero-order valence-electron chi connectivity index (χ0n) is 22.6. The molecule has 0 aliphatic carbocycles. The molecule has 0 unspecified atom stereocenters. The van der Waals surface area contributed by atoms with E-state index >= 15 is 0 Å². The van der Waals surface area contributed by atoms with Crippen molar-refractivity contribution in [1.29, 1.82) is 0 Å². The number of rotatable bonds is 6. The topological polar surface area (TPSA) is 145 Å². The zero-order chi connectivity index (χ0) is 27.4. The molecule has 202 valence electrons. The molecule has 0 spiro atoms. The molecule has 1 amide bonds. The van der Waals surface area contributed by atoms with Crippen molar-refractivity contribution in [1.82, 2.24) is 0 Å². The number of amides is 1. The van der Waals surface area contributed by atoms with Crippen LogP contribution in [0.15, 0.2) is 60.8 Å². The van der Waals surface area contributed by atoms with Gasteiger partial charge >= 0.3 is 21.1 Å². The van der Waals surface area contributed by atoms with E-state index in [1.54, 1.807) is 25.3 Å². The summed E-state index contributed by atoms with van der Waals surface area (Å²) < 4.78 is 5.03. The van der Waals surface area contributed by atoms with Crippen molar-refractivity contribution in [3.8, 4) is 18.6 Å². The third-order valence-corrected chi connectivity index (χ3v) is 4.50. The molecule has 0 atom stereocenters. The first-order valence-electron chi connectivity index (χ1n) is 10.6. The van der Waals surface area contributed by atoms with Crippen LogP contribution in [0.25, 0.3) is 11.8 Å². The van der Waals surface area contributed by atoms with E-state index in [9.17, 15) is 4.79 Å². The molecule has 0 fully saturated rings. The summed E-state index contributed by atoms with van der Waals surface area (Å²) in [5.74, 6) is 0.434.